The zero-order chi connectivity index (χ0) is 18.2. The van der Waals surface area contributed by atoms with Gasteiger partial charge in [-0.25, -0.2) is 4.39 Å². The number of rotatable bonds is 16. The number of unbranched alkanes of at least 4 members (excludes halogenated alkanes) is 9. The summed E-state index contributed by atoms with van der Waals surface area (Å²) >= 11 is 1.77. The molecule has 0 saturated carbocycles. The lowest BCUT2D eigenvalue weighted by Gasteiger charge is -2.12. The van der Waals surface area contributed by atoms with Gasteiger partial charge in [0.25, 0.3) is 0 Å². The van der Waals surface area contributed by atoms with E-state index in [1.165, 1.54) is 76.3 Å². The minimum atomic E-state index is -0.503. The van der Waals surface area contributed by atoms with Crippen LogP contribution in [0.4, 0.5) is 4.39 Å². The van der Waals surface area contributed by atoms with E-state index in [0.29, 0.717) is 11.5 Å². The quantitative estimate of drug-likeness (QED) is 0.350. The van der Waals surface area contributed by atoms with Gasteiger partial charge in [-0.1, -0.05) is 70.8 Å². The summed E-state index contributed by atoms with van der Waals surface area (Å²) in [5, 5.41) is 9.90. The molecule has 0 aliphatic carbocycles. The predicted octanol–water partition coefficient (Wildman–Crippen LogP) is 6.22. The van der Waals surface area contributed by atoms with Gasteiger partial charge in [0, 0.05) is 11.8 Å². The largest absolute Gasteiger partial charge is 0.491 e. The second-order valence-electron chi connectivity index (χ2n) is 6.68. The third-order valence-corrected chi connectivity index (χ3v) is 5.39. The molecule has 0 heterocycles. The van der Waals surface area contributed by atoms with Gasteiger partial charge in [0.05, 0.1) is 6.10 Å². The summed E-state index contributed by atoms with van der Waals surface area (Å²) in [5.41, 5.74) is 0. The van der Waals surface area contributed by atoms with E-state index in [1.54, 1.807) is 23.9 Å². The summed E-state index contributed by atoms with van der Waals surface area (Å²) in [7, 11) is 0. The van der Waals surface area contributed by atoms with Gasteiger partial charge in [-0.2, -0.15) is 11.8 Å². The Hall–Kier alpha value is -0.740. The van der Waals surface area contributed by atoms with E-state index in [1.807, 2.05) is 0 Å². The van der Waals surface area contributed by atoms with E-state index in [0.717, 1.165) is 5.75 Å². The first-order valence-corrected chi connectivity index (χ1v) is 11.0. The lowest BCUT2D eigenvalue weighted by atomic mass is 10.1. The molecular weight excluding hydrogens is 335 g/mol. The van der Waals surface area contributed by atoms with Gasteiger partial charge < -0.3 is 9.84 Å². The minimum Gasteiger partial charge on any atom is -0.491 e. The molecule has 0 spiro atoms. The van der Waals surface area contributed by atoms with Gasteiger partial charge in [0.15, 0.2) is 0 Å². The van der Waals surface area contributed by atoms with E-state index in [4.69, 9.17) is 4.74 Å². The molecule has 4 heteroatoms. The average molecular weight is 371 g/mol. The molecule has 0 aromatic heterocycles. The van der Waals surface area contributed by atoms with Crippen molar-refractivity contribution in [3.05, 3.63) is 30.1 Å². The highest BCUT2D eigenvalue weighted by atomic mass is 32.2. The van der Waals surface area contributed by atoms with E-state index in [9.17, 15) is 9.50 Å². The first kappa shape index (κ1) is 22.3. The summed E-state index contributed by atoms with van der Waals surface area (Å²) < 4.78 is 18.4. The maximum Gasteiger partial charge on any atom is 0.126 e. The molecule has 0 saturated heterocycles. The number of aliphatic hydroxyl groups excluding tert-OH is 1. The Labute approximate surface area is 157 Å². The van der Waals surface area contributed by atoms with Gasteiger partial charge in [0.1, 0.15) is 18.2 Å². The van der Waals surface area contributed by atoms with E-state index < -0.39 is 6.10 Å². The molecule has 144 valence electrons. The molecule has 1 aromatic rings. The number of ether oxygens (including phenoxy) is 1. The van der Waals surface area contributed by atoms with Gasteiger partial charge in [-0.15, -0.1) is 0 Å². The second-order valence-corrected chi connectivity index (χ2v) is 7.83. The summed E-state index contributed by atoms with van der Waals surface area (Å²) in [4.78, 5) is 0. The predicted molar refractivity (Wildman–Crippen MR) is 107 cm³/mol. The van der Waals surface area contributed by atoms with Crippen LogP contribution >= 0.6 is 11.8 Å². The third kappa shape index (κ3) is 13.2. The van der Waals surface area contributed by atoms with E-state index >= 15 is 0 Å². The second kappa shape index (κ2) is 15.5. The summed E-state index contributed by atoms with van der Waals surface area (Å²) in [6, 6.07) is 6.03. The molecule has 0 bridgehead atoms. The average Bonchev–Trinajstić information content (AvgIpc) is 2.61. The molecule has 0 amide bonds. The van der Waals surface area contributed by atoms with Crippen molar-refractivity contribution in [1.82, 2.24) is 0 Å². The molecule has 1 N–H and O–H groups in total. The standard InChI is InChI=1S/C21H35FO2S/c1-2-3-4-5-6-7-8-9-10-11-15-25-18-20(23)17-24-21-14-12-13-19(22)16-21/h12-14,16,20,23H,2-11,15,17-18H2,1H3. The molecule has 1 unspecified atom stereocenters. The smallest absolute Gasteiger partial charge is 0.126 e. The summed E-state index contributed by atoms with van der Waals surface area (Å²) in [6.45, 7) is 2.48. The van der Waals surface area contributed by atoms with Crippen LogP contribution in [0.3, 0.4) is 0 Å². The van der Waals surface area contributed by atoms with Crippen LogP contribution in [0.2, 0.25) is 0 Å². The zero-order valence-corrected chi connectivity index (χ0v) is 16.5. The monoisotopic (exact) mass is 370 g/mol. The van der Waals surface area contributed by atoms with Crippen LogP contribution in [-0.4, -0.2) is 29.3 Å². The van der Waals surface area contributed by atoms with Crippen LogP contribution in [0.15, 0.2) is 24.3 Å². The van der Waals surface area contributed by atoms with E-state index in [-0.39, 0.29) is 12.4 Å². The molecule has 0 aliphatic heterocycles. The SMILES string of the molecule is CCCCCCCCCCCCSCC(O)COc1cccc(F)c1. The van der Waals surface area contributed by atoms with Crippen molar-refractivity contribution < 1.29 is 14.2 Å². The first-order chi connectivity index (χ1) is 12.2. The fourth-order valence-electron chi connectivity index (χ4n) is 2.71. The van der Waals surface area contributed by atoms with Crippen LogP contribution in [0.1, 0.15) is 71.1 Å². The van der Waals surface area contributed by atoms with Crippen LogP contribution in [0.25, 0.3) is 0 Å². The summed E-state index contributed by atoms with van der Waals surface area (Å²) in [6.07, 6.45) is 13.0. The number of hydrogen-bond donors (Lipinski definition) is 1. The Morgan fingerprint density at radius 3 is 2.28 bits per heavy atom. The van der Waals surface area contributed by atoms with Crippen molar-refractivity contribution in [2.75, 3.05) is 18.1 Å². The lowest BCUT2D eigenvalue weighted by Crippen LogP contribution is -2.20. The van der Waals surface area contributed by atoms with Crippen LogP contribution in [-0.2, 0) is 0 Å². The normalized spacial score (nSPS) is 12.3. The van der Waals surface area contributed by atoms with E-state index in [2.05, 4.69) is 6.92 Å². The molecule has 1 rings (SSSR count). The van der Waals surface area contributed by atoms with Gasteiger partial charge in [-0.3, -0.25) is 0 Å². The Kier molecular flexibility index (Phi) is 13.8. The van der Waals surface area contributed by atoms with Crippen molar-refractivity contribution in [3.63, 3.8) is 0 Å². The van der Waals surface area contributed by atoms with Crippen molar-refractivity contribution in [3.8, 4) is 5.75 Å². The number of aliphatic hydroxyl groups is 1. The molecule has 2 nitrogen and oxygen atoms in total. The third-order valence-electron chi connectivity index (χ3n) is 4.19. The highest BCUT2D eigenvalue weighted by Gasteiger charge is 2.06. The van der Waals surface area contributed by atoms with Gasteiger partial charge >= 0.3 is 0 Å². The van der Waals surface area contributed by atoms with Crippen LogP contribution in [0.5, 0.6) is 5.75 Å². The molecule has 0 radical (unpaired) electrons. The van der Waals surface area contributed by atoms with Gasteiger partial charge in [-0.05, 0) is 24.3 Å². The van der Waals surface area contributed by atoms with Crippen molar-refractivity contribution in [1.29, 1.82) is 0 Å². The van der Waals surface area contributed by atoms with Crippen molar-refractivity contribution in [2.45, 2.75) is 77.2 Å². The Morgan fingerprint density at radius 1 is 1.00 bits per heavy atom. The molecule has 0 fully saturated rings. The number of thioether (sulfide) groups is 1. The summed E-state index contributed by atoms with van der Waals surface area (Å²) in [5.74, 6) is 1.92. The Bertz CT molecular complexity index is 428. The Balaban J connectivity index is 1.86. The maximum absolute atomic E-state index is 13.0. The lowest BCUT2D eigenvalue weighted by molar-refractivity contribution is 0.126. The maximum atomic E-state index is 13.0. The zero-order valence-electron chi connectivity index (χ0n) is 15.7. The minimum absolute atomic E-state index is 0.217. The highest BCUT2D eigenvalue weighted by molar-refractivity contribution is 7.99. The van der Waals surface area contributed by atoms with Gasteiger partial charge in [0.2, 0.25) is 0 Å². The van der Waals surface area contributed by atoms with Crippen molar-refractivity contribution >= 4 is 11.8 Å². The molecule has 0 aliphatic rings. The number of halogens is 1. The van der Waals surface area contributed by atoms with Crippen LogP contribution in [0, 0.1) is 5.82 Å². The van der Waals surface area contributed by atoms with Crippen LogP contribution < -0.4 is 4.74 Å². The first-order valence-electron chi connectivity index (χ1n) is 9.86. The fraction of sp³-hybridized carbons (Fsp3) is 0.714. The molecule has 25 heavy (non-hydrogen) atoms. The molecule has 1 atom stereocenters. The topological polar surface area (TPSA) is 29.5 Å². The fourth-order valence-corrected chi connectivity index (χ4v) is 3.65. The molecule has 1 aromatic carbocycles. The number of hydrogen-bond acceptors (Lipinski definition) is 3. The Morgan fingerprint density at radius 2 is 1.64 bits per heavy atom. The molecular formula is C21H35FO2S. The van der Waals surface area contributed by atoms with Crippen molar-refractivity contribution in [2.24, 2.45) is 0 Å². The number of benzene rings is 1. The highest BCUT2D eigenvalue weighted by Crippen LogP contribution is 2.15.